The van der Waals surface area contributed by atoms with Crippen LogP contribution >= 0.6 is 0 Å². The molecule has 0 bridgehead atoms. The highest BCUT2D eigenvalue weighted by atomic mass is 19.4. The first kappa shape index (κ1) is 15.2. The first-order chi connectivity index (χ1) is 9.90. The number of methoxy groups -OCH3 is 1. The Morgan fingerprint density at radius 1 is 1.05 bits per heavy atom. The Morgan fingerprint density at radius 2 is 1.71 bits per heavy atom. The highest BCUT2D eigenvalue weighted by Crippen LogP contribution is 2.30. The van der Waals surface area contributed by atoms with Gasteiger partial charge in [0.1, 0.15) is 5.75 Å². The van der Waals surface area contributed by atoms with Gasteiger partial charge in [0.15, 0.2) is 0 Å². The molecule has 2 nitrogen and oxygen atoms in total. The third-order valence-corrected chi connectivity index (χ3v) is 3.19. The molecule has 0 aliphatic rings. The molecule has 112 valence electrons. The van der Waals surface area contributed by atoms with E-state index in [-0.39, 0.29) is 6.04 Å². The smallest absolute Gasteiger partial charge is 0.416 e. The van der Waals surface area contributed by atoms with Crippen molar-refractivity contribution in [1.29, 1.82) is 0 Å². The quantitative estimate of drug-likeness (QED) is 0.867. The van der Waals surface area contributed by atoms with Crippen molar-refractivity contribution in [1.82, 2.24) is 0 Å². The van der Waals surface area contributed by atoms with Gasteiger partial charge in [0, 0.05) is 17.8 Å². The summed E-state index contributed by atoms with van der Waals surface area (Å²) in [5.41, 5.74) is 0.993. The van der Waals surface area contributed by atoms with Crippen molar-refractivity contribution in [2.75, 3.05) is 12.4 Å². The zero-order valence-corrected chi connectivity index (χ0v) is 11.7. The van der Waals surface area contributed by atoms with Crippen molar-refractivity contribution >= 4 is 5.69 Å². The van der Waals surface area contributed by atoms with E-state index < -0.39 is 11.7 Å². The van der Waals surface area contributed by atoms with Gasteiger partial charge in [-0.05, 0) is 36.8 Å². The molecule has 0 heterocycles. The van der Waals surface area contributed by atoms with Gasteiger partial charge in [0.05, 0.1) is 12.7 Å². The third-order valence-electron chi connectivity index (χ3n) is 3.19. The third kappa shape index (κ3) is 3.90. The molecule has 1 atom stereocenters. The topological polar surface area (TPSA) is 21.3 Å². The van der Waals surface area contributed by atoms with E-state index in [0.717, 1.165) is 29.1 Å². The van der Waals surface area contributed by atoms with Crippen LogP contribution in [0.3, 0.4) is 0 Å². The number of nitrogens with one attached hydrogen (secondary N) is 1. The molecule has 0 spiro atoms. The molecule has 0 aliphatic carbocycles. The zero-order chi connectivity index (χ0) is 15.5. The molecule has 5 heteroatoms. The maximum atomic E-state index is 12.5. The van der Waals surface area contributed by atoms with Crippen LogP contribution in [0, 0.1) is 0 Å². The first-order valence-corrected chi connectivity index (χ1v) is 6.48. The van der Waals surface area contributed by atoms with Gasteiger partial charge >= 0.3 is 6.18 Å². The number of hydrogen-bond acceptors (Lipinski definition) is 2. The van der Waals surface area contributed by atoms with E-state index >= 15 is 0 Å². The van der Waals surface area contributed by atoms with Crippen LogP contribution in [-0.4, -0.2) is 7.11 Å². The number of rotatable bonds is 4. The minimum absolute atomic E-state index is 0.112. The Hall–Kier alpha value is -2.17. The van der Waals surface area contributed by atoms with Gasteiger partial charge < -0.3 is 10.1 Å². The summed E-state index contributed by atoms with van der Waals surface area (Å²) in [5, 5.41) is 3.23. The number of benzene rings is 2. The highest BCUT2D eigenvalue weighted by Gasteiger charge is 2.30. The molecule has 0 radical (unpaired) electrons. The number of hydrogen-bond donors (Lipinski definition) is 1. The summed E-state index contributed by atoms with van der Waals surface area (Å²) in [7, 11) is 1.58. The summed E-state index contributed by atoms with van der Waals surface area (Å²) in [6, 6.07) is 12.4. The molecule has 2 aromatic carbocycles. The van der Waals surface area contributed by atoms with Gasteiger partial charge in [-0.25, -0.2) is 0 Å². The average Bonchev–Trinajstić information content (AvgIpc) is 2.46. The second kappa shape index (κ2) is 6.08. The molecule has 0 fully saturated rings. The normalized spacial score (nSPS) is 12.8. The van der Waals surface area contributed by atoms with E-state index in [1.54, 1.807) is 7.11 Å². The molecular formula is C16H16F3NO. The monoisotopic (exact) mass is 295 g/mol. The molecular weight excluding hydrogens is 279 g/mol. The summed E-state index contributed by atoms with van der Waals surface area (Å²) in [6.07, 6.45) is -4.30. The summed E-state index contributed by atoms with van der Waals surface area (Å²) in [4.78, 5) is 0. The molecule has 0 amide bonds. The van der Waals surface area contributed by atoms with Crippen molar-refractivity contribution in [2.45, 2.75) is 19.1 Å². The fraction of sp³-hybridized carbons (Fsp3) is 0.250. The molecule has 0 saturated carbocycles. The van der Waals surface area contributed by atoms with Crippen LogP contribution in [0.5, 0.6) is 5.75 Å². The van der Waals surface area contributed by atoms with Gasteiger partial charge in [-0.1, -0.05) is 18.2 Å². The van der Waals surface area contributed by atoms with Crippen LogP contribution in [0.4, 0.5) is 18.9 Å². The zero-order valence-electron chi connectivity index (χ0n) is 11.7. The van der Waals surface area contributed by atoms with E-state index in [9.17, 15) is 13.2 Å². The second-order valence-electron chi connectivity index (χ2n) is 4.72. The Bertz CT molecular complexity index is 593. The lowest BCUT2D eigenvalue weighted by molar-refractivity contribution is -0.137. The Kier molecular flexibility index (Phi) is 4.40. The highest BCUT2D eigenvalue weighted by molar-refractivity contribution is 5.49. The maximum absolute atomic E-state index is 12.5. The Balaban J connectivity index is 2.11. The number of anilines is 1. The van der Waals surface area contributed by atoms with E-state index in [1.165, 1.54) is 12.1 Å². The van der Waals surface area contributed by atoms with Crippen LogP contribution in [0.2, 0.25) is 0 Å². The van der Waals surface area contributed by atoms with Gasteiger partial charge in [-0.2, -0.15) is 13.2 Å². The number of alkyl halides is 3. The van der Waals surface area contributed by atoms with Crippen LogP contribution in [0.25, 0.3) is 0 Å². The van der Waals surface area contributed by atoms with Crippen molar-refractivity contribution < 1.29 is 17.9 Å². The standard InChI is InChI=1S/C16H16F3NO/c1-11(20-14-4-3-5-15(10-14)21-2)12-6-8-13(9-7-12)16(17,18)19/h3-11,20H,1-2H3/t11-/m1/s1. The maximum Gasteiger partial charge on any atom is 0.416 e. The predicted octanol–water partition coefficient (Wildman–Crippen LogP) is 4.89. The van der Waals surface area contributed by atoms with Crippen molar-refractivity contribution in [3.8, 4) is 5.75 Å². The lowest BCUT2D eigenvalue weighted by atomic mass is 10.1. The van der Waals surface area contributed by atoms with Crippen LogP contribution in [0.1, 0.15) is 24.1 Å². The lowest BCUT2D eigenvalue weighted by Gasteiger charge is -2.17. The van der Waals surface area contributed by atoms with E-state index in [4.69, 9.17) is 4.74 Å². The lowest BCUT2D eigenvalue weighted by Crippen LogP contribution is -2.08. The van der Waals surface area contributed by atoms with Gasteiger partial charge in [-0.15, -0.1) is 0 Å². The average molecular weight is 295 g/mol. The summed E-state index contributed by atoms with van der Waals surface area (Å²) < 4.78 is 42.7. The van der Waals surface area contributed by atoms with Crippen molar-refractivity contribution in [3.63, 3.8) is 0 Å². The van der Waals surface area contributed by atoms with Gasteiger partial charge in [0.2, 0.25) is 0 Å². The van der Waals surface area contributed by atoms with Gasteiger partial charge in [-0.3, -0.25) is 0 Å². The van der Waals surface area contributed by atoms with E-state index in [2.05, 4.69) is 5.32 Å². The second-order valence-corrected chi connectivity index (χ2v) is 4.72. The van der Waals surface area contributed by atoms with Gasteiger partial charge in [0.25, 0.3) is 0 Å². The summed E-state index contributed by atoms with van der Waals surface area (Å²) in [5.74, 6) is 0.722. The largest absolute Gasteiger partial charge is 0.497 e. The van der Waals surface area contributed by atoms with Crippen LogP contribution in [0.15, 0.2) is 48.5 Å². The van der Waals surface area contributed by atoms with Crippen LogP contribution in [-0.2, 0) is 6.18 Å². The fourth-order valence-electron chi connectivity index (χ4n) is 2.01. The SMILES string of the molecule is COc1cccc(N[C@H](C)c2ccc(C(F)(F)F)cc2)c1. The Labute approximate surface area is 121 Å². The molecule has 0 unspecified atom stereocenters. The van der Waals surface area contributed by atoms with E-state index in [1.807, 2.05) is 31.2 Å². The molecule has 2 rings (SSSR count). The minimum atomic E-state index is -4.30. The molecule has 21 heavy (non-hydrogen) atoms. The predicted molar refractivity (Wildman–Crippen MR) is 76.5 cm³/mol. The van der Waals surface area contributed by atoms with Crippen LogP contribution < -0.4 is 10.1 Å². The summed E-state index contributed by atoms with van der Waals surface area (Å²) >= 11 is 0. The number of halogens is 3. The molecule has 0 aliphatic heterocycles. The fourth-order valence-corrected chi connectivity index (χ4v) is 2.01. The molecule has 0 saturated heterocycles. The molecule has 1 N–H and O–H groups in total. The number of ether oxygens (including phenoxy) is 1. The molecule has 2 aromatic rings. The summed E-state index contributed by atoms with van der Waals surface area (Å²) in [6.45, 7) is 1.89. The molecule has 0 aromatic heterocycles. The van der Waals surface area contributed by atoms with Crippen molar-refractivity contribution in [3.05, 3.63) is 59.7 Å². The van der Waals surface area contributed by atoms with E-state index in [0.29, 0.717) is 0 Å². The Morgan fingerprint density at radius 3 is 2.29 bits per heavy atom. The first-order valence-electron chi connectivity index (χ1n) is 6.48. The van der Waals surface area contributed by atoms with Crippen molar-refractivity contribution in [2.24, 2.45) is 0 Å². The minimum Gasteiger partial charge on any atom is -0.497 e.